The van der Waals surface area contributed by atoms with E-state index in [1.165, 1.54) is 0 Å². The van der Waals surface area contributed by atoms with E-state index in [2.05, 4.69) is 44.3 Å². The van der Waals surface area contributed by atoms with Crippen molar-refractivity contribution in [2.45, 2.75) is 51.7 Å². The first-order chi connectivity index (χ1) is 14.4. The number of pyridine rings is 1. The molecule has 2 N–H and O–H groups in total. The summed E-state index contributed by atoms with van der Waals surface area (Å²) in [6, 6.07) is 4.44. The maximum absolute atomic E-state index is 5.93. The van der Waals surface area contributed by atoms with Crippen LogP contribution in [0.15, 0.2) is 24.5 Å². The number of imidazole rings is 1. The van der Waals surface area contributed by atoms with Gasteiger partial charge in [-0.05, 0) is 45.7 Å². The maximum atomic E-state index is 5.93. The molecular formula is C22H31N7O. The number of aromatic nitrogens is 5. The summed E-state index contributed by atoms with van der Waals surface area (Å²) in [7, 11) is 1.75. The number of methoxy groups -OCH3 is 1. The molecule has 160 valence electrons. The lowest BCUT2D eigenvalue weighted by atomic mass is 9.91. The highest BCUT2D eigenvalue weighted by atomic mass is 16.5. The molecule has 0 bridgehead atoms. The van der Waals surface area contributed by atoms with E-state index >= 15 is 0 Å². The van der Waals surface area contributed by atoms with Gasteiger partial charge in [0.1, 0.15) is 11.3 Å². The maximum Gasteiger partial charge on any atom is 0.225 e. The smallest absolute Gasteiger partial charge is 0.225 e. The number of nitrogens with two attached hydrogens (primary N) is 1. The lowest BCUT2D eigenvalue weighted by Crippen LogP contribution is -2.50. The van der Waals surface area contributed by atoms with Crippen LogP contribution in [0.25, 0.3) is 11.0 Å². The number of hydrogen-bond acceptors (Lipinski definition) is 7. The monoisotopic (exact) mass is 409 g/mol. The van der Waals surface area contributed by atoms with Gasteiger partial charge in [0.05, 0.1) is 23.0 Å². The SMILES string of the molecule is COC1(CN)CCN(c2nccc(Cc3cc4c(cn3)nc(C)n4C(C)C)n2)CC1. The lowest BCUT2D eigenvalue weighted by Gasteiger charge is -2.40. The first kappa shape index (κ1) is 20.7. The van der Waals surface area contributed by atoms with Crippen LogP contribution in [-0.2, 0) is 11.2 Å². The third-order valence-electron chi connectivity index (χ3n) is 6.15. The third-order valence-corrected chi connectivity index (χ3v) is 6.15. The van der Waals surface area contributed by atoms with Crippen molar-refractivity contribution in [3.8, 4) is 0 Å². The minimum absolute atomic E-state index is 0.217. The van der Waals surface area contributed by atoms with Crippen molar-refractivity contribution in [2.24, 2.45) is 5.73 Å². The summed E-state index contributed by atoms with van der Waals surface area (Å²) in [6.07, 6.45) is 6.11. The number of piperidine rings is 1. The standard InChI is InChI=1S/C22H31N7O/c1-15(2)29-16(3)26-19-13-25-18(12-20(19)29)11-17-5-8-24-21(27-17)28-9-6-22(14-23,30-4)7-10-28/h5,8,12-13,15H,6-7,9-11,14,23H2,1-4H3. The molecule has 4 heterocycles. The van der Waals surface area contributed by atoms with Crippen molar-refractivity contribution >= 4 is 17.0 Å². The van der Waals surface area contributed by atoms with Crippen LogP contribution in [0.5, 0.6) is 0 Å². The Morgan fingerprint density at radius 2 is 1.93 bits per heavy atom. The van der Waals surface area contributed by atoms with E-state index in [4.69, 9.17) is 15.5 Å². The van der Waals surface area contributed by atoms with E-state index < -0.39 is 0 Å². The summed E-state index contributed by atoms with van der Waals surface area (Å²) in [5, 5.41) is 0. The van der Waals surface area contributed by atoms with E-state index in [0.29, 0.717) is 19.0 Å². The Morgan fingerprint density at radius 3 is 2.60 bits per heavy atom. The first-order valence-electron chi connectivity index (χ1n) is 10.6. The Balaban J connectivity index is 1.53. The molecule has 0 aliphatic carbocycles. The fourth-order valence-electron chi connectivity index (χ4n) is 4.34. The normalized spacial score (nSPS) is 16.5. The van der Waals surface area contributed by atoms with Crippen LogP contribution in [0.3, 0.4) is 0 Å². The van der Waals surface area contributed by atoms with E-state index in [-0.39, 0.29) is 5.60 Å². The van der Waals surface area contributed by atoms with Gasteiger partial charge in [-0.1, -0.05) is 0 Å². The molecule has 0 saturated carbocycles. The summed E-state index contributed by atoms with van der Waals surface area (Å²) in [4.78, 5) is 20.8. The molecule has 1 saturated heterocycles. The number of aryl methyl sites for hydroxylation is 1. The Kier molecular flexibility index (Phi) is 5.71. The van der Waals surface area contributed by atoms with Gasteiger partial charge in [0.25, 0.3) is 0 Å². The Morgan fingerprint density at radius 1 is 1.17 bits per heavy atom. The summed E-state index contributed by atoms with van der Waals surface area (Å²) in [5.41, 5.74) is 9.70. The van der Waals surface area contributed by atoms with Crippen LogP contribution in [0.1, 0.15) is 49.9 Å². The number of anilines is 1. The molecule has 0 aromatic carbocycles. The van der Waals surface area contributed by atoms with Crippen molar-refractivity contribution in [3.05, 3.63) is 41.7 Å². The van der Waals surface area contributed by atoms with Crippen molar-refractivity contribution in [2.75, 3.05) is 31.6 Å². The van der Waals surface area contributed by atoms with Crippen LogP contribution in [-0.4, -0.2) is 56.8 Å². The molecule has 1 aliphatic rings. The van der Waals surface area contributed by atoms with Gasteiger partial charge in [0, 0.05) is 51.1 Å². The van der Waals surface area contributed by atoms with Crippen molar-refractivity contribution in [3.63, 3.8) is 0 Å². The van der Waals surface area contributed by atoms with E-state index in [1.807, 2.05) is 25.4 Å². The van der Waals surface area contributed by atoms with Gasteiger partial charge in [0.15, 0.2) is 0 Å². The molecule has 1 fully saturated rings. The van der Waals surface area contributed by atoms with Gasteiger partial charge in [-0.25, -0.2) is 15.0 Å². The second kappa shape index (κ2) is 8.28. The summed E-state index contributed by atoms with van der Waals surface area (Å²) in [6.45, 7) is 8.60. The third kappa shape index (κ3) is 3.89. The average molecular weight is 410 g/mol. The van der Waals surface area contributed by atoms with Crippen LogP contribution in [0.4, 0.5) is 5.95 Å². The van der Waals surface area contributed by atoms with Crippen LogP contribution < -0.4 is 10.6 Å². The van der Waals surface area contributed by atoms with Crippen molar-refractivity contribution in [1.29, 1.82) is 0 Å². The number of fused-ring (bicyclic) bond motifs is 1. The molecule has 3 aromatic heterocycles. The van der Waals surface area contributed by atoms with Crippen LogP contribution in [0.2, 0.25) is 0 Å². The molecule has 4 rings (SSSR count). The van der Waals surface area contributed by atoms with Gasteiger partial charge in [-0.15, -0.1) is 0 Å². The summed E-state index contributed by atoms with van der Waals surface area (Å²) >= 11 is 0. The summed E-state index contributed by atoms with van der Waals surface area (Å²) < 4.78 is 7.92. The predicted molar refractivity (Wildman–Crippen MR) is 118 cm³/mol. The van der Waals surface area contributed by atoms with Crippen LogP contribution >= 0.6 is 0 Å². The predicted octanol–water partition coefficient (Wildman–Crippen LogP) is 2.65. The molecule has 0 radical (unpaired) electrons. The van der Waals surface area contributed by atoms with Crippen molar-refractivity contribution in [1.82, 2.24) is 24.5 Å². The highest BCUT2D eigenvalue weighted by Gasteiger charge is 2.34. The topological polar surface area (TPSA) is 95.0 Å². The fourth-order valence-corrected chi connectivity index (χ4v) is 4.34. The highest BCUT2D eigenvalue weighted by molar-refractivity contribution is 5.75. The molecule has 0 atom stereocenters. The highest BCUT2D eigenvalue weighted by Crippen LogP contribution is 2.27. The Labute approximate surface area is 177 Å². The molecule has 0 spiro atoms. The minimum Gasteiger partial charge on any atom is -0.377 e. The van der Waals surface area contributed by atoms with Gasteiger partial charge >= 0.3 is 0 Å². The fraction of sp³-hybridized carbons (Fsp3) is 0.545. The van der Waals surface area contributed by atoms with E-state index in [0.717, 1.165) is 60.1 Å². The van der Waals surface area contributed by atoms with Gasteiger partial charge in [-0.3, -0.25) is 4.98 Å². The largest absolute Gasteiger partial charge is 0.377 e. The zero-order valence-electron chi connectivity index (χ0n) is 18.3. The van der Waals surface area contributed by atoms with Gasteiger partial charge in [0.2, 0.25) is 5.95 Å². The quantitative estimate of drug-likeness (QED) is 0.669. The van der Waals surface area contributed by atoms with E-state index in [1.54, 1.807) is 7.11 Å². The molecule has 30 heavy (non-hydrogen) atoms. The number of hydrogen-bond donors (Lipinski definition) is 1. The molecule has 0 amide bonds. The van der Waals surface area contributed by atoms with Gasteiger partial charge in [-0.2, -0.15) is 0 Å². The second-order valence-corrected chi connectivity index (χ2v) is 8.39. The second-order valence-electron chi connectivity index (χ2n) is 8.39. The van der Waals surface area contributed by atoms with Gasteiger partial charge < -0.3 is 19.9 Å². The molecule has 8 heteroatoms. The van der Waals surface area contributed by atoms with Crippen LogP contribution in [0, 0.1) is 6.92 Å². The first-order valence-corrected chi connectivity index (χ1v) is 10.6. The molecule has 3 aromatic rings. The van der Waals surface area contributed by atoms with E-state index in [9.17, 15) is 0 Å². The summed E-state index contributed by atoms with van der Waals surface area (Å²) in [5.74, 6) is 1.77. The molecule has 8 nitrogen and oxygen atoms in total. The zero-order valence-corrected chi connectivity index (χ0v) is 18.3. The number of ether oxygens (including phenoxy) is 1. The number of rotatable bonds is 6. The molecular weight excluding hydrogens is 378 g/mol. The Hall–Kier alpha value is -2.58. The van der Waals surface area contributed by atoms with Crippen molar-refractivity contribution < 1.29 is 4.74 Å². The Bertz CT molecular complexity index is 1020. The average Bonchev–Trinajstić information content (AvgIpc) is 3.09. The molecule has 1 aliphatic heterocycles. The lowest BCUT2D eigenvalue weighted by molar-refractivity contribution is -0.0217. The number of nitrogens with zero attached hydrogens (tertiary/aromatic N) is 6. The minimum atomic E-state index is -0.217. The zero-order chi connectivity index (χ0) is 21.3. The molecule has 0 unspecified atom stereocenters.